The van der Waals surface area contributed by atoms with Crippen LogP contribution < -0.4 is 0 Å². The first-order chi connectivity index (χ1) is 15.9. The largest absolute Gasteiger partial charge is 2.00 e. The van der Waals surface area contributed by atoms with Gasteiger partial charge in [-0.25, -0.2) is 0 Å². The van der Waals surface area contributed by atoms with E-state index >= 15 is 0 Å². The van der Waals surface area contributed by atoms with E-state index in [1.807, 2.05) is 0 Å². The summed E-state index contributed by atoms with van der Waals surface area (Å²) in [6.45, 7) is 23.7. The molecule has 0 aromatic rings. The van der Waals surface area contributed by atoms with Crippen molar-refractivity contribution in [3.8, 4) is 0 Å². The van der Waals surface area contributed by atoms with E-state index in [0.717, 1.165) is 25.7 Å². The van der Waals surface area contributed by atoms with Crippen molar-refractivity contribution >= 4 is 20.6 Å². The maximum Gasteiger partial charge on any atom is 2.00 e. The molecule has 1 saturated carbocycles. The molecule has 7 nitrogen and oxygen atoms in total. The van der Waals surface area contributed by atoms with E-state index in [9.17, 15) is 9.59 Å². The topological polar surface area (TPSA) is 112 Å². The first-order valence-electron chi connectivity index (χ1n) is 11.2. The summed E-state index contributed by atoms with van der Waals surface area (Å²) < 4.78 is 33.8. The van der Waals surface area contributed by atoms with Crippen LogP contribution in [0.15, 0.2) is 0 Å². The van der Waals surface area contributed by atoms with Gasteiger partial charge in [-0.2, -0.15) is 0 Å². The summed E-state index contributed by atoms with van der Waals surface area (Å²) in [5.41, 5.74) is 0. The molecule has 0 spiro atoms. The van der Waals surface area contributed by atoms with E-state index in [-0.39, 0.29) is 35.1 Å². The van der Waals surface area contributed by atoms with Crippen molar-refractivity contribution in [3.63, 3.8) is 0 Å². The Labute approximate surface area is 218 Å². The molecule has 0 aromatic heterocycles. The molecule has 0 bridgehead atoms. The zero-order chi connectivity index (χ0) is 26.1. The zero-order valence-electron chi connectivity index (χ0n) is 20.7. The van der Waals surface area contributed by atoms with Gasteiger partial charge in [0.05, 0.1) is 12.2 Å². The summed E-state index contributed by atoms with van der Waals surface area (Å²) in [6.07, 6.45) is 15.4. The van der Waals surface area contributed by atoms with Crippen LogP contribution in [0.5, 0.6) is 0 Å². The molecule has 1 aliphatic rings. The van der Waals surface area contributed by atoms with Crippen LogP contribution in [-0.4, -0.2) is 32.8 Å². The zero-order valence-corrected chi connectivity index (χ0v) is 22.9. The summed E-state index contributed by atoms with van der Waals surface area (Å²) in [5, 5.41) is 0. The van der Waals surface area contributed by atoms with E-state index in [2.05, 4.69) is 46.5 Å². The molecule has 1 fully saturated rings. The van der Waals surface area contributed by atoms with Gasteiger partial charge in [-0.15, -0.1) is 0 Å². The first kappa shape index (κ1) is 40.2. The molecule has 0 aliphatic heterocycles. The molecule has 0 heterocycles. The maximum atomic E-state index is 12.5. The first-order valence-corrected chi connectivity index (χ1v) is 14.6. The fraction of sp³-hybridized carbons (Fsp3) is 0.680. The number of hydrogen-bond donors (Lipinski definition) is 0. The number of ether oxygens (including phenoxy) is 1. The second kappa shape index (κ2) is 28.3. The summed E-state index contributed by atoms with van der Waals surface area (Å²) in [7, 11) is -1.70. The summed E-state index contributed by atoms with van der Waals surface area (Å²) in [6, 6.07) is 0. The fourth-order valence-electron chi connectivity index (χ4n) is 3.67. The molecule has 0 N–H and O–H groups in total. The van der Waals surface area contributed by atoms with Gasteiger partial charge in [0, 0.05) is 19.3 Å². The normalized spacial score (nSPS) is 14.5. The summed E-state index contributed by atoms with van der Waals surface area (Å²) in [4.78, 5) is 23.0. The minimum Gasteiger partial charge on any atom is 2.00 e. The van der Waals surface area contributed by atoms with Crippen molar-refractivity contribution < 1.29 is 49.8 Å². The number of ketones is 1. The van der Waals surface area contributed by atoms with Gasteiger partial charge in [-0.05, 0) is 57.7 Å². The van der Waals surface area contributed by atoms with Crippen molar-refractivity contribution in [3.05, 3.63) is 39.2 Å². The van der Waals surface area contributed by atoms with E-state index < -0.39 is 8.32 Å². The standard InChI is InChI=1S/C22H38O4Si.3CO.Fe/c1-5-6-8-15-21(25-18-23)16-11-14-20(24)17-22(26-27(2,3)4)19-12-9-7-10-13-19;3*1-2;/h11,14,16,19,21-22H,5-10,12-13,15,17H2,1-4H3;;;;/q-1;;;;+2/t21-,22-;;;;/m1..../s1. The molecule has 1 rings (SSSR count). The molecular formula is C25H38FeO7Si+. The average molecular weight is 535 g/mol. The SMILES string of the molecule is CCCCC[C@H]([CH][CH][CH]C(=O)C[C@@H](O[Si](C)(C)C)C1CCCCC1)O[C-]=O.[C-]#[O+].[C-]#[O+].[C-]#[O+].[Fe+2]. The Kier molecular flexibility index (Phi) is 33.5. The van der Waals surface area contributed by atoms with Gasteiger partial charge in [0.15, 0.2) is 8.32 Å². The van der Waals surface area contributed by atoms with E-state index in [0.29, 0.717) is 12.3 Å². The Bertz CT molecular complexity index is 523. The molecule has 0 saturated heterocycles. The van der Waals surface area contributed by atoms with Crippen LogP contribution in [-0.2, 0) is 49.8 Å². The molecule has 0 aromatic carbocycles. The second-order valence-corrected chi connectivity index (χ2v) is 13.1. The molecule has 0 amide bonds. The van der Waals surface area contributed by atoms with E-state index in [1.165, 1.54) is 38.6 Å². The van der Waals surface area contributed by atoms with Crippen molar-refractivity contribution in [2.45, 2.75) is 103 Å². The Balaban J connectivity index is -0.000000593. The minimum atomic E-state index is -1.70. The van der Waals surface area contributed by atoms with Crippen LogP contribution in [0.4, 0.5) is 0 Å². The number of unbranched alkanes of at least 4 members (excludes halogenated alkanes) is 2. The molecular weight excluding hydrogens is 496 g/mol. The van der Waals surface area contributed by atoms with Gasteiger partial charge in [0.1, 0.15) is 5.78 Å². The smallest absolute Gasteiger partial charge is 2.00 e. The number of carbonyl (C=O) groups is 1. The third-order valence-corrected chi connectivity index (χ3v) is 5.99. The number of Topliss-reactive ketones (excluding diaryl/α,β-unsaturated/α-hetero) is 1. The second-order valence-electron chi connectivity index (χ2n) is 8.62. The fourth-order valence-corrected chi connectivity index (χ4v) is 4.85. The van der Waals surface area contributed by atoms with Gasteiger partial charge in [-0.3, -0.25) is 4.79 Å². The Morgan fingerprint density at radius 3 is 2.09 bits per heavy atom. The maximum absolute atomic E-state index is 12.5. The van der Waals surface area contributed by atoms with Crippen molar-refractivity contribution in [1.29, 1.82) is 0 Å². The number of hydrogen-bond acceptors (Lipinski definition) is 4. The molecule has 3 radical (unpaired) electrons. The van der Waals surface area contributed by atoms with Gasteiger partial charge < -0.3 is 14.0 Å². The van der Waals surface area contributed by atoms with Crippen LogP contribution in [0, 0.1) is 45.1 Å². The summed E-state index contributed by atoms with van der Waals surface area (Å²) >= 11 is 0. The molecule has 9 heteroatoms. The molecule has 191 valence electrons. The van der Waals surface area contributed by atoms with Crippen LogP contribution in [0.3, 0.4) is 0 Å². The number of carbonyl (C=O) groups excluding carboxylic acids is 2. The predicted molar refractivity (Wildman–Crippen MR) is 124 cm³/mol. The van der Waals surface area contributed by atoms with Crippen molar-refractivity contribution in [1.82, 2.24) is 0 Å². The van der Waals surface area contributed by atoms with E-state index in [1.54, 1.807) is 19.3 Å². The third kappa shape index (κ3) is 24.2. The summed E-state index contributed by atoms with van der Waals surface area (Å²) in [5.74, 6) is 0.587. The monoisotopic (exact) mass is 534 g/mol. The van der Waals surface area contributed by atoms with Crippen LogP contribution in [0.25, 0.3) is 0 Å². The van der Waals surface area contributed by atoms with Gasteiger partial charge >= 0.3 is 51.0 Å². The Hall–Kier alpha value is -0.944. The predicted octanol–water partition coefficient (Wildman–Crippen LogP) is 5.28. The molecule has 2 atom stereocenters. The van der Waals surface area contributed by atoms with Crippen LogP contribution in [0.1, 0.15) is 71.1 Å². The average Bonchev–Trinajstić information content (AvgIpc) is 2.82. The minimum absolute atomic E-state index is 0. The molecule has 34 heavy (non-hydrogen) atoms. The van der Waals surface area contributed by atoms with Crippen molar-refractivity contribution in [2.24, 2.45) is 5.92 Å². The van der Waals surface area contributed by atoms with Gasteiger partial charge in [-0.1, -0.05) is 45.5 Å². The third-order valence-electron chi connectivity index (χ3n) is 4.98. The molecule has 0 unspecified atom stereocenters. The quantitative estimate of drug-likeness (QED) is 0.123. The van der Waals surface area contributed by atoms with Crippen LogP contribution in [0.2, 0.25) is 19.6 Å². The van der Waals surface area contributed by atoms with Gasteiger partial charge in [0.2, 0.25) is 0 Å². The number of rotatable bonds is 15. The van der Waals surface area contributed by atoms with Gasteiger partial charge in [0.25, 0.3) is 0 Å². The molecule has 1 aliphatic carbocycles. The Morgan fingerprint density at radius 2 is 1.62 bits per heavy atom. The van der Waals surface area contributed by atoms with E-state index in [4.69, 9.17) is 23.1 Å². The van der Waals surface area contributed by atoms with Crippen molar-refractivity contribution in [2.75, 3.05) is 0 Å². The van der Waals surface area contributed by atoms with Crippen LogP contribution >= 0.6 is 0 Å². The Morgan fingerprint density at radius 1 is 1.06 bits per heavy atom.